The second kappa shape index (κ2) is 2.73. The van der Waals surface area contributed by atoms with Crippen LogP contribution in [-0.4, -0.2) is 22.9 Å². The molecule has 0 radical (unpaired) electrons. The van der Waals surface area contributed by atoms with Crippen LogP contribution in [0.4, 0.5) is 0 Å². The van der Waals surface area contributed by atoms with Crippen LogP contribution in [0.2, 0.25) is 0 Å². The summed E-state index contributed by atoms with van der Waals surface area (Å²) in [6, 6.07) is 1.08. The van der Waals surface area contributed by atoms with Crippen molar-refractivity contribution in [3.63, 3.8) is 0 Å². The van der Waals surface area contributed by atoms with Crippen molar-refractivity contribution in [3.05, 3.63) is 0 Å². The van der Waals surface area contributed by atoms with Crippen LogP contribution >= 0.6 is 0 Å². The second-order valence-electron chi connectivity index (χ2n) is 5.11. The predicted octanol–water partition coefficient (Wildman–Crippen LogP) is 2.19. The third-order valence-electron chi connectivity index (χ3n) is 3.88. The van der Waals surface area contributed by atoms with E-state index in [1.54, 1.807) is 0 Å². The van der Waals surface area contributed by atoms with Crippen LogP contribution in [0, 0.1) is 5.41 Å². The molecule has 0 aliphatic carbocycles. The number of fused-ring (bicyclic) bond motifs is 1. The summed E-state index contributed by atoms with van der Waals surface area (Å²) in [6.45, 7) is 6.78. The van der Waals surface area contributed by atoms with E-state index in [1.807, 2.05) is 0 Å². The van der Waals surface area contributed by atoms with E-state index in [9.17, 15) is 4.79 Å². The lowest BCUT2D eigenvalue weighted by Crippen LogP contribution is -2.65. The monoisotopic (exact) mass is 181 g/mol. The summed E-state index contributed by atoms with van der Waals surface area (Å²) in [6.07, 6.45) is 4.40. The Morgan fingerprint density at radius 1 is 1.54 bits per heavy atom. The highest BCUT2D eigenvalue weighted by Gasteiger charge is 2.50. The van der Waals surface area contributed by atoms with E-state index in [-0.39, 0.29) is 0 Å². The zero-order valence-corrected chi connectivity index (χ0v) is 8.84. The van der Waals surface area contributed by atoms with Crippen molar-refractivity contribution in [3.8, 4) is 0 Å². The molecule has 2 atom stereocenters. The van der Waals surface area contributed by atoms with Crippen molar-refractivity contribution in [1.29, 1.82) is 0 Å². The fourth-order valence-electron chi connectivity index (χ4n) is 2.79. The fourth-order valence-corrected chi connectivity index (χ4v) is 2.79. The Balaban J connectivity index is 2.16. The Bertz CT molecular complexity index is 234. The lowest BCUT2D eigenvalue weighted by molar-refractivity contribution is -0.164. The highest BCUT2D eigenvalue weighted by atomic mass is 16.2. The number of amides is 1. The minimum absolute atomic E-state index is 0.361. The molecule has 1 amide bonds. The Labute approximate surface area is 80.3 Å². The van der Waals surface area contributed by atoms with Gasteiger partial charge in [0.1, 0.15) is 0 Å². The van der Waals surface area contributed by atoms with Crippen LogP contribution in [0.25, 0.3) is 0 Å². The molecule has 2 nitrogen and oxygen atoms in total. The number of carbonyl (C=O) groups excluding carboxylic acids is 1. The summed E-state index contributed by atoms with van der Waals surface area (Å²) < 4.78 is 0. The van der Waals surface area contributed by atoms with Gasteiger partial charge in [-0.05, 0) is 24.7 Å². The summed E-state index contributed by atoms with van der Waals surface area (Å²) >= 11 is 0. The number of hydrogen-bond acceptors (Lipinski definition) is 1. The van der Waals surface area contributed by atoms with Crippen LogP contribution in [0.15, 0.2) is 0 Å². The molecule has 0 unspecified atom stereocenters. The van der Waals surface area contributed by atoms with Crippen molar-refractivity contribution in [2.75, 3.05) is 0 Å². The van der Waals surface area contributed by atoms with Gasteiger partial charge in [-0.25, -0.2) is 0 Å². The first-order valence-corrected chi connectivity index (χ1v) is 5.37. The first-order valence-electron chi connectivity index (χ1n) is 5.37. The molecule has 2 aliphatic heterocycles. The molecule has 13 heavy (non-hydrogen) atoms. The van der Waals surface area contributed by atoms with Gasteiger partial charge in [-0.1, -0.05) is 20.8 Å². The number of hydrogen-bond donors (Lipinski definition) is 0. The summed E-state index contributed by atoms with van der Waals surface area (Å²) in [4.78, 5) is 13.6. The van der Waals surface area contributed by atoms with Crippen molar-refractivity contribution in [2.24, 2.45) is 5.41 Å². The van der Waals surface area contributed by atoms with Gasteiger partial charge in [-0.15, -0.1) is 0 Å². The van der Waals surface area contributed by atoms with Crippen LogP contribution in [0.5, 0.6) is 0 Å². The average Bonchev–Trinajstić information content (AvgIpc) is 2.06. The van der Waals surface area contributed by atoms with Gasteiger partial charge in [0.2, 0.25) is 5.91 Å². The van der Waals surface area contributed by atoms with Gasteiger partial charge in [-0.3, -0.25) is 4.79 Å². The summed E-state index contributed by atoms with van der Waals surface area (Å²) in [5.74, 6) is 0.379. The molecule has 0 N–H and O–H groups in total. The molecule has 0 spiro atoms. The Morgan fingerprint density at radius 2 is 2.23 bits per heavy atom. The number of β-lactam (4-membered cyclic amide) rings is 1. The quantitative estimate of drug-likeness (QED) is 0.568. The maximum absolute atomic E-state index is 11.4. The molecule has 74 valence electrons. The first-order chi connectivity index (χ1) is 6.06. The van der Waals surface area contributed by atoms with Crippen LogP contribution in [-0.2, 0) is 4.79 Å². The highest BCUT2D eigenvalue weighted by molar-refractivity contribution is 5.84. The SMILES string of the molecule is CC[C@H]1CCC(C)(C)[C@H]2CC(=O)N12. The molecule has 2 aliphatic rings. The number of rotatable bonds is 1. The maximum Gasteiger partial charge on any atom is 0.225 e. The van der Waals surface area contributed by atoms with Crippen molar-refractivity contribution < 1.29 is 4.79 Å². The minimum Gasteiger partial charge on any atom is -0.336 e. The Kier molecular flexibility index (Phi) is 1.90. The van der Waals surface area contributed by atoms with Gasteiger partial charge in [0.05, 0.1) is 0 Å². The Hall–Kier alpha value is -0.530. The molecule has 0 aromatic carbocycles. The van der Waals surface area contributed by atoms with Gasteiger partial charge in [-0.2, -0.15) is 0 Å². The summed E-state index contributed by atoms with van der Waals surface area (Å²) in [5, 5.41) is 0. The lowest BCUT2D eigenvalue weighted by atomic mass is 9.68. The van der Waals surface area contributed by atoms with E-state index in [0.717, 1.165) is 12.8 Å². The largest absolute Gasteiger partial charge is 0.336 e. The zero-order chi connectivity index (χ0) is 9.64. The summed E-state index contributed by atoms with van der Waals surface area (Å²) in [5.41, 5.74) is 0.361. The number of carbonyl (C=O) groups is 1. The predicted molar refractivity (Wildman–Crippen MR) is 52.3 cm³/mol. The standard InChI is InChI=1S/C11H19NO/c1-4-8-5-6-11(2,3)9-7-10(13)12(8)9/h8-9H,4-7H2,1-3H3/t8-,9+/m0/s1. The molecule has 0 saturated carbocycles. The van der Waals surface area contributed by atoms with E-state index in [1.165, 1.54) is 12.8 Å². The van der Waals surface area contributed by atoms with Gasteiger partial charge in [0.25, 0.3) is 0 Å². The van der Waals surface area contributed by atoms with E-state index in [0.29, 0.717) is 23.4 Å². The zero-order valence-electron chi connectivity index (χ0n) is 8.84. The normalized spacial score (nSPS) is 36.8. The van der Waals surface area contributed by atoms with Crippen molar-refractivity contribution in [1.82, 2.24) is 4.90 Å². The van der Waals surface area contributed by atoms with Crippen molar-refractivity contribution in [2.45, 2.75) is 58.5 Å². The van der Waals surface area contributed by atoms with E-state index in [4.69, 9.17) is 0 Å². The molecule has 2 saturated heterocycles. The van der Waals surface area contributed by atoms with E-state index in [2.05, 4.69) is 25.7 Å². The molecule has 0 aromatic rings. The average molecular weight is 181 g/mol. The third kappa shape index (κ3) is 1.18. The highest BCUT2D eigenvalue weighted by Crippen LogP contribution is 2.45. The minimum atomic E-state index is 0.361. The van der Waals surface area contributed by atoms with Crippen molar-refractivity contribution >= 4 is 5.91 Å². The molecule has 0 bridgehead atoms. The first kappa shape index (κ1) is 9.04. The molecular weight excluding hydrogens is 162 g/mol. The maximum atomic E-state index is 11.4. The molecule has 0 aromatic heterocycles. The van der Waals surface area contributed by atoms with E-state index < -0.39 is 0 Å². The lowest BCUT2D eigenvalue weighted by Gasteiger charge is -2.56. The van der Waals surface area contributed by atoms with Gasteiger partial charge in [0.15, 0.2) is 0 Å². The van der Waals surface area contributed by atoms with E-state index >= 15 is 0 Å². The molecular formula is C11H19NO. The van der Waals surface area contributed by atoms with Gasteiger partial charge < -0.3 is 4.90 Å². The third-order valence-corrected chi connectivity index (χ3v) is 3.88. The molecule has 2 fully saturated rings. The number of nitrogens with zero attached hydrogens (tertiary/aromatic N) is 1. The molecule has 2 heteroatoms. The molecule has 2 rings (SSSR count). The van der Waals surface area contributed by atoms with Gasteiger partial charge >= 0.3 is 0 Å². The van der Waals surface area contributed by atoms with Crippen LogP contribution in [0.1, 0.15) is 46.5 Å². The number of piperidine rings is 1. The second-order valence-corrected chi connectivity index (χ2v) is 5.11. The summed E-state index contributed by atoms with van der Waals surface area (Å²) in [7, 11) is 0. The smallest absolute Gasteiger partial charge is 0.225 e. The molecule has 2 heterocycles. The van der Waals surface area contributed by atoms with Crippen LogP contribution < -0.4 is 0 Å². The topological polar surface area (TPSA) is 20.3 Å². The van der Waals surface area contributed by atoms with Gasteiger partial charge in [0, 0.05) is 18.5 Å². The van der Waals surface area contributed by atoms with Crippen LogP contribution in [0.3, 0.4) is 0 Å². The Morgan fingerprint density at radius 3 is 2.77 bits per heavy atom. The fraction of sp³-hybridized carbons (Fsp3) is 0.909.